The lowest BCUT2D eigenvalue weighted by atomic mass is 10.1. The van der Waals surface area contributed by atoms with Crippen LogP contribution in [0.4, 0.5) is 0 Å². The highest BCUT2D eigenvalue weighted by Crippen LogP contribution is 2.16. The van der Waals surface area contributed by atoms with Crippen LogP contribution in [0.3, 0.4) is 0 Å². The van der Waals surface area contributed by atoms with Crippen molar-refractivity contribution in [3.8, 4) is 0 Å². The molecule has 0 aromatic heterocycles. The molecule has 0 saturated heterocycles. The van der Waals surface area contributed by atoms with E-state index in [1.165, 1.54) is 0 Å². The molecule has 88 valence electrons. The van der Waals surface area contributed by atoms with E-state index in [0.29, 0.717) is 5.02 Å². The van der Waals surface area contributed by atoms with Gasteiger partial charge in [-0.05, 0) is 31.5 Å². The van der Waals surface area contributed by atoms with E-state index in [0.717, 1.165) is 5.56 Å². The van der Waals surface area contributed by atoms with Crippen molar-refractivity contribution in [3.63, 3.8) is 0 Å². The lowest BCUT2D eigenvalue weighted by molar-refractivity contribution is 0.314. The van der Waals surface area contributed by atoms with Crippen LogP contribution < -0.4 is 11.1 Å². The predicted octanol–water partition coefficient (Wildman–Crippen LogP) is 2.13. The van der Waals surface area contributed by atoms with Crippen molar-refractivity contribution in [1.82, 2.24) is 5.32 Å². The number of nitrogens with one attached hydrogen (secondary N) is 1. The fourth-order valence-electron chi connectivity index (χ4n) is 1.39. The Morgan fingerprint density at radius 1 is 1.38 bits per heavy atom. The summed E-state index contributed by atoms with van der Waals surface area (Å²) < 4.78 is 0. The molecule has 4 nitrogen and oxygen atoms in total. The maximum absolute atomic E-state index is 8.53. The van der Waals surface area contributed by atoms with Gasteiger partial charge in [0.15, 0.2) is 5.84 Å². The third-order valence-corrected chi connectivity index (χ3v) is 2.68. The number of amidine groups is 1. The third kappa shape index (κ3) is 3.40. The van der Waals surface area contributed by atoms with Gasteiger partial charge < -0.3 is 16.3 Å². The minimum absolute atomic E-state index is 0.104. The third-order valence-electron chi connectivity index (χ3n) is 2.43. The summed E-state index contributed by atoms with van der Waals surface area (Å²) in [5, 5.41) is 15.4. The van der Waals surface area contributed by atoms with Crippen LogP contribution in [0.25, 0.3) is 0 Å². The highest BCUT2D eigenvalue weighted by molar-refractivity contribution is 6.30. The first kappa shape index (κ1) is 12.8. The SMILES string of the molecule is CC(N[C@H](C)c1ccc(Cl)cc1)/C(N)=N/O. The van der Waals surface area contributed by atoms with Crippen LogP contribution in [0.1, 0.15) is 25.5 Å². The average molecular weight is 242 g/mol. The van der Waals surface area contributed by atoms with Gasteiger partial charge in [0.2, 0.25) is 0 Å². The predicted molar refractivity (Wildman–Crippen MR) is 65.9 cm³/mol. The molecule has 0 bridgehead atoms. The largest absolute Gasteiger partial charge is 0.409 e. The first-order valence-electron chi connectivity index (χ1n) is 5.03. The lowest BCUT2D eigenvalue weighted by Gasteiger charge is -2.19. The zero-order chi connectivity index (χ0) is 12.1. The molecule has 4 N–H and O–H groups in total. The molecule has 0 saturated carbocycles. The van der Waals surface area contributed by atoms with E-state index in [9.17, 15) is 0 Å². The fourth-order valence-corrected chi connectivity index (χ4v) is 1.52. The Morgan fingerprint density at radius 3 is 2.44 bits per heavy atom. The van der Waals surface area contributed by atoms with Gasteiger partial charge in [0.25, 0.3) is 0 Å². The number of hydrogen-bond donors (Lipinski definition) is 3. The minimum atomic E-state index is -0.185. The van der Waals surface area contributed by atoms with Gasteiger partial charge in [-0.3, -0.25) is 0 Å². The Hall–Kier alpha value is -1.26. The molecule has 1 rings (SSSR count). The highest BCUT2D eigenvalue weighted by atomic mass is 35.5. The Morgan fingerprint density at radius 2 is 1.94 bits per heavy atom. The van der Waals surface area contributed by atoms with Gasteiger partial charge in [-0.1, -0.05) is 28.9 Å². The molecule has 0 spiro atoms. The molecule has 0 fully saturated rings. The van der Waals surface area contributed by atoms with Crippen molar-refractivity contribution in [2.24, 2.45) is 10.9 Å². The molecular formula is C11H16ClN3O. The number of benzene rings is 1. The number of rotatable bonds is 4. The quantitative estimate of drug-likeness (QED) is 0.327. The normalized spacial score (nSPS) is 15.8. The Labute approximate surface area is 100 Å². The molecule has 0 amide bonds. The highest BCUT2D eigenvalue weighted by Gasteiger charge is 2.12. The molecule has 1 aromatic rings. The van der Waals surface area contributed by atoms with Crippen molar-refractivity contribution in [3.05, 3.63) is 34.9 Å². The van der Waals surface area contributed by atoms with Gasteiger partial charge in [0.1, 0.15) is 0 Å². The summed E-state index contributed by atoms with van der Waals surface area (Å²) in [5.41, 5.74) is 6.58. The number of nitrogens with zero attached hydrogens (tertiary/aromatic N) is 1. The molecule has 1 unspecified atom stereocenters. The molecule has 1 aromatic carbocycles. The van der Waals surface area contributed by atoms with Crippen molar-refractivity contribution < 1.29 is 5.21 Å². The van der Waals surface area contributed by atoms with E-state index in [2.05, 4.69) is 10.5 Å². The summed E-state index contributed by atoms with van der Waals surface area (Å²) in [6.07, 6.45) is 0. The van der Waals surface area contributed by atoms with E-state index >= 15 is 0 Å². The monoisotopic (exact) mass is 241 g/mol. The first-order chi connectivity index (χ1) is 7.54. The van der Waals surface area contributed by atoms with Crippen molar-refractivity contribution in [2.75, 3.05) is 0 Å². The molecule has 16 heavy (non-hydrogen) atoms. The van der Waals surface area contributed by atoms with Crippen LogP contribution in [-0.4, -0.2) is 17.1 Å². The van der Waals surface area contributed by atoms with Crippen LogP contribution in [-0.2, 0) is 0 Å². The lowest BCUT2D eigenvalue weighted by Crippen LogP contribution is -2.40. The second-order valence-electron chi connectivity index (χ2n) is 3.69. The van der Waals surface area contributed by atoms with Crippen molar-refractivity contribution in [2.45, 2.75) is 25.9 Å². The topological polar surface area (TPSA) is 70.6 Å². The van der Waals surface area contributed by atoms with E-state index < -0.39 is 0 Å². The minimum Gasteiger partial charge on any atom is -0.409 e. The summed E-state index contributed by atoms with van der Waals surface area (Å²) in [5.74, 6) is 0.167. The number of nitrogens with two attached hydrogens (primary N) is 1. The molecule has 5 heteroatoms. The summed E-state index contributed by atoms with van der Waals surface area (Å²) in [4.78, 5) is 0. The maximum atomic E-state index is 8.53. The average Bonchev–Trinajstić information content (AvgIpc) is 2.28. The van der Waals surface area contributed by atoms with Gasteiger partial charge in [-0.2, -0.15) is 0 Å². The van der Waals surface area contributed by atoms with E-state index in [1.54, 1.807) is 0 Å². The summed E-state index contributed by atoms with van der Waals surface area (Å²) in [7, 11) is 0. The van der Waals surface area contributed by atoms with Gasteiger partial charge in [0, 0.05) is 11.1 Å². The zero-order valence-electron chi connectivity index (χ0n) is 9.31. The van der Waals surface area contributed by atoms with Crippen LogP contribution in [0.2, 0.25) is 5.02 Å². The second-order valence-corrected chi connectivity index (χ2v) is 4.12. The number of hydrogen-bond acceptors (Lipinski definition) is 3. The summed E-state index contributed by atoms with van der Waals surface area (Å²) in [6, 6.07) is 7.48. The fraction of sp³-hybridized carbons (Fsp3) is 0.364. The molecule has 0 heterocycles. The van der Waals surface area contributed by atoms with Crippen LogP contribution >= 0.6 is 11.6 Å². The van der Waals surface area contributed by atoms with E-state index in [-0.39, 0.29) is 17.9 Å². The molecule has 0 aliphatic carbocycles. The van der Waals surface area contributed by atoms with Gasteiger partial charge >= 0.3 is 0 Å². The Balaban J connectivity index is 2.65. The van der Waals surface area contributed by atoms with Crippen LogP contribution in [0, 0.1) is 0 Å². The van der Waals surface area contributed by atoms with Crippen molar-refractivity contribution >= 4 is 17.4 Å². The zero-order valence-corrected chi connectivity index (χ0v) is 10.1. The van der Waals surface area contributed by atoms with Gasteiger partial charge in [0.05, 0.1) is 6.04 Å². The van der Waals surface area contributed by atoms with Crippen LogP contribution in [0.15, 0.2) is 29.4 Å². The molecule has 0 aliphatic heterocycles. The summed E-state index contributed by atoms with van der Waals surface area (Å²) >= 11 is 5.80. The summed E-state index contributed by atoms with van der Waals surface area (Å²) in [6.45, 7) is 3.84. The van der Waals surface area contributed by atoms with Gasteiger partial charge in [-0.15, -0.1) is 0 Å². The second kappa shape index (κ2) is 5.72. The maximum Gasteiger partial charge on any atom is 0.156 e. The Bertz CT molecular complexity index is 364. The van der Waals surface area contributed by atoms with Crippen molar-refractivity contribution in [1.29, 1.82) is 0 Å². The smallest absolute Gasteiger partial charge is 0.156 e. The van der Waals surface area contributed by atoms with Crippen LogP contribution in [0.5, 0.6) is 0 Å². The molecule has 0 aliphatic rings. The van der Waals surface area contributed by atoms with E-state index in [4.69, 9.17) is 22.5 Å². The molecular weight excluding hydrogens is 226 g/mol. The Kier molecular flexibility index (Phi) is 4.58. The number of halogens is 1. The van der Waals surface area contributed by atoms with Gasteiger partial charge in [-0.25, -0.2) is 0 Å². The standard InChI is InChI=1S/C11H16ClN3O/c1-7(14-8(2)11(13)15-16)9-3-5-10(12)6-4-9/h3-8,14,16H,1-2H3,(H2,13,15)/t7-,8?/m1/s1. The molecule has 0 radical (unpaired) electrons. The number of oxime groups is 1. The first-order valence-corrected chi connectivity index (χ1v) is 5.41. The van der Waals surface area contributed by atoms with E-state index in [1.807, 2.05) is 38.1 Å². The molecule has 2 atom stereocenters.